The molecule has 26 heavy (non-hydrogen) atoms. The first-order chi connectivity index (χ1) is 12.7. The molecule has 1 heterocycles. The summed E-state index contributed by atoms with van der Waals surface area (Å²) >= 11 is 0. The number of methoxy groups -OCH3 is 1. The Bertz CT molecular complexity index is 757. The Morgan fingerprint density at radius 2 is 1.69 bits per heavy atom. The minimum absolute atomic E-state index is 0.136. The Morgan fingerprint density at radius 1 is 1.04 bits per heavy atom. The van der Waals surface area contributed by atoms with Crippen molar-refractivity contribution >= 4 is 11.8 Å². The Morgan fingerprint density at radius 3 is 2.38 bits per heavy atom. The van der Waals surface area contributed by atoms with Gasteiger partial charge in [0.05, 0.1) is 25.9 Å². The molecule has 1 aliphatic heterocycles. The number of amides is 2. The van der Waals surface area contributed by atoms with Gasteiger partial charge in [0.2, 0.25) is 5.91 Å². The summed E-state index contributed by atoms with van der Waals surface area (Å²) in [5, 5.41) is 2.87. The number of hydrogen-bond donors (Lipinski definition) is 1. The van der Waals surface area contributed by atoms with Crippen LogP contribution in [0.25, 0.3) is 0 Å². The van der Waals surface area contributed by atoms with Gasteiger partial charge in [0.1, 0.15) is 11.8 Å². The minimum Gasteiger partial charge on any atom is -0.496 e. The monoisotopic (exact) mass is 354 g/mol. The van der Waals surface area contributed by atoms with Crippen LogP contribution in [0.5, 0.6) is 5.75 Å². The highest BCUT2D eigenvalue weighted by Crippen LogP contribution is 2.21. The minimum atomic E-state index is -0.758. The van der Waals surface area contributed by atoms with Crippen LogP contribution in [0.15, 0.2) is 54.6 Å². The molecule has 1 saturated heterocycles. The summed E-state index contributed by atoms with van der Waals surface area (Å²) < 4.78 is 10.6. The summed E-state index contributed by atoms with van der Waals surface area (Å²) in [7, 11) is 1.51. The van der Waals surface area contributed by atoms with Crippen molar-refractivity contribution in [2.45, 2.75) is 6.04 Å². The Hall–Kier alpha value is -2.86. The van der Waals surface area contributed by atoms with Gasteiger partial charge in [-0.1, -0.05) is 42.5 Å². The summed E-state index contributed by atoms with van der Waals surface area (Å²) in [6, 6.07) is 15.5. The zero-order chi connectivity index (χ0) is 18.4. The molecule has 3 rings (SSSR count). The van der Waals surface area contributed by atoms with Crippen molar-refractivity contribution in [2.75, 3.05) is 33.4 Å². The van der Waals surface area contributed by atoms with Crippen molar-refractivity contribution in [2.24, 2.45) is 0 Å². The van der Waals surface area contributed by atoms with Crippen molar-refractivity contribution in [3.63, 3.8) is 0 Å². The molecule has 1 atom stereocenters. The van der Waals surface area contributed by atoms with Gasteiger partial charge in [-0.15, -0.1) is 0 Å². The second-order valence-electron chi connectivity index (χ2n) is 5.96. The maximum absolute atomic E-state index is 13.0. The lowest BCUT2D eigenvalue weighted by molar-refractivity contribution is -0.137. The first-order valence-corrected chi connectivity index (χ1v) is 8.56. The van der Waals surface area contributed by atoms with E-state index in [0.717, 1.165) is 5.56 Å². The molecule has 0 unspecified atom stereocenters. The quantitative estimate of drug-likeness (QED) is 0.892. The van der Waals surface area contributed by atoms with E-state index in [-0.39, 0.29) is 11.8 Å². The van der Waals surface area contributed by atoms with Crippen LogP contribution < -0.4 is 10.1 Å². The van der Waals surface area contributed by atoms with Crippen molar-refractivity contribution in [3.05, 3.63) is 65.7 Å². The molecule has 1 aliphatic rings. The number of nitrogens with one attached hydrogen (secondary N) is 1. The molecule has 136 valence electrons. The molecular weight excluding hydrogens is 332 g/mol. The van der Waals surface area contributed by atoms with Crippen molar-refractivity contribution in [3.8, 4) is 5.75 Å². The molecule has 2 amide bonds. The highest BCUT2D eigenvalue weighted by molar-refractivity contribution is 5.99. The molecule has 0 bridgehead atoms. The average Bonchev–Trinajstić information content (AvgIpc) is 2.72. The van der Waals surface area contributed by atoms with Gasteiger partial charge in [-0.3, -0.25) is 9.59 Å². The summed E-state index contributed by atoms with van der Waals surface area (Å²) in [5.74, 6) is -0.0173. The fraction of sp³-hybridized carbons (Fsp3) is 0.300. The Labute approximate surface area is 152 Å². The van der Waals surface area contributed by atoms with Crippen molar-refractivity contribution in [1.29, 1.82) is 0 Å². The number of morpholine rings is 1. The third-order valence-electron chi connectivity index (χ3n) is 4.33. The molecule has 6 nitrogen and oxygen atoms in total. The third-order valence-corrected chi connectivity index (χ3v) is 4.33. The SMILES string of the molecule is COc1ccccc1C(=O)N[C@H](C(=O)N1CCOCC1)c1ccccc1. The predicted octanol–water partition coefficient (Wildman–Crippen LogP) is 2.03. The maximum atomic E-state index is 13.0. The highest BCUT2D eigenvalue weighted by Gasteiger charge is 2.29. The van der Waals surface area contributed by atoms with Gasteiger partial charge >= 0.3 is 0 Å². The normalized spacial score (nSPS) is 15.2. The van der Waals surface area contributed by atoms with Gasteiger partial charge in [-0.05, 0) is 17.7 Å². The second-order valence-corrected chi connectivity index (χ2v) is 5.96. The van der Waals surface area contributed by atoms with E-state index in [1.54, 1.807) is 29.2 Å². The first kappa shape index (κ1) is 17.9. The Kier molecular flexibility index (Phi) is 5.86. The largest absolute Gasteiger partial charge is 0.496 e. The molecular formula is C20H22N2O4. The number of ether oxygens (including phenoxy) is 2. The first-order valence-electron chi connectivity index (χ1n) is 8.56. The lowest BCUT2D eigenvalue weighted by Crippen LogP contribution is -2.47. The van der Waals surface area contributed by atoms with E-state index in [0.29, 0.717) is 37.6 Å². The van der Waals surface area contributed by atoms with E-state index < -0.39 is 6.04 Å². The van der Waals surface area contributed by atoms with Gasteiger partial charge in [-0.25, -0.2) is 0 Å². The topological polar surface area (TPSA) is 67.9 Å². The third kappa shape index (κ3) is 4.03. The van der Waals surface area contributed by atoms with E-state index in [1.807, 2.05) is 30.3 Å². The maximum Gasteiger partial charge on any atom is 0.255 e. The molecule has 0 saturated carbocycles. The molecule has 2 aromatic carbocycles. The molecule has 0 spiro atoms. The Balaban J connectivity index is 1.86. The molecule has 0 radical (unpaired) electrons. The van der Waals surface area contributed by atoms with Crippen molar-refractivity contribution < 1.29 is 19.1 Å². The number of para-hydroxylation sites is 1. The van der Waals surface area contributed by atoms with Gasteiger partial charge in [-0.2, -0.15) is 0 Å². The van der Waals surface area contributed by atoms with Crippen LogP contribution in [0.3, 0.4) is 0 Å². The summed E-state index contributed by atoms with van der Waals surface area (Å²) in [4.78, 5) is 27.6. The zero-order valence-electron chi connectivity index (χ0n) is 14.7. The molecule has 6 heteroatoms. The number of rotatable bonds is 5. The number of hydrogen-bond acceptors (Lipinski definition) is 4. The van der Waals surface area contributed by atoms with Gasteiger partial charge in [0.15, 0.2) is 0 Å². The van der Waals surface area contributed by atoms with Crippen LogP contribution in [-0.4, -0.2) is 50.1 Å². The zero-order valence-corrected chi connectivity index (χ0v) is 14.7. The molecule has 2 aromatic rings. The van der Waals surface area contributed by atoms with Gasteiger partial charge in [0, 0.05) is 13.1 Å². The number of carbonyl (C=O) groups is 2. The van der Waals surface area contributed by atoms with Crippen LogP contribution in [-0.2, 0) is 9.53 Å². The molecule has 0 aliphatic carbocycles. The van der Waals surface area contributed by atoms with Crippen LogP contribution in [0, 0.1) is 0 Å². The summed E-state index contributed by atoms with van der Waals surface area (Å²) in [6.07, 6.45) is 0. The summed E-state index contributed by atoms with van der Waals surface area (Å²) in [5.41, 5.74) is 1.14. The summed E-state index contributed by atoms with van der Waals surface area (Å²) in [6.45, 7) is 2.06. The lowest BCUT2D eigenvalue weighted by Gasteiger charge is -2.31. The van der Waals surface area contributed by atoms with E-state index in [4.69, 9.17) is 9.47 Å². The predicted molar refractivity (Wildman–Crippen MR) is 97.0 cm³/mol. The van der Waals surface area contributed by atoms with Crippen LogP contribution in [0.4, 0.5) is 0 Å². The second kappa shape index (κ2) is 8.49. The van der Waals surface area contributed by atoms with Crippen molar-refractivity contribution in [1.82, 2.24) is 10.2 Å². The standard InChI is InChI=1S/C20H22N2O4/c1-25-17-10-6-5-9-16(17)19(23)21-18(15-7-3-2-4-8-15)20(24)22-11-13-26-14-12-22/h2-10,18H,11-14H2,1H3,(H,21,23)/t18-/m0/s1. The smallest absolute Gasteiger partial charge is 0.255 e. The van der Waals surface area contributed by atoms with Gasteiger partial charge < -0.3 is 19.7 Å². The van der Waals surface area contributed by atoms with Crippen LogP contribution >= 0.6 is 0 Å². The van der Waals surface area contributed by atoms with Crippen LogP contribution in [0.1, 0.15) is 22.0 Å². The van der Waals surface area contributed by atoms with E-state index in [2.05, 4.69) is 5.32 Å². The lowest BCUT2D eigenvalue weighted by atomic mass is 10.0. The molecule has 1 N–H and O–H groups in total. The average molecular weight is 354 g/mol. The fourth-order valence-corrected chi connectivity index (χ4v) is 2.94. The van der Waals surface area contributed by atoms with E-state index >= 15 is 0 Å². The van der Waals surface area contributed by atoms with Gasteiger partial charge in [0.25, 0.3) is 5.91 Å². The van der Waals surface area contributed by atoms with E-state index in [1.165, 1.54) is 7.11 Å². The van der Waals surface area contributed by atoms with Crippen LogP contribution in [0.2, 0.25) is 0 Å². The molecule has 0 aromatic heterocycles. The number of nitrogens with zero attached hydrogens (tertiary/aromatic N) is 1. The highest BCUT2D eigenvalue weighted by atomic mass is 16.5. The van der Waals surface area contributed by atoms with E-state index in [9.17, 15) is 9.59 Å². The number of carbonyl (C=O) groups excluding carboxylic acids is 2. The fourth-order valence-electron chi connectivity index (χ4n) is 2.94. The number of benzene rings is 2. The molecule has 1 fully saturated rings.